The van der Waals surface area contributed by atoms with Gasteiger partial charge in [-0.25, -0.2) is 4.98 Å². The van der Waals surface area contributed by atoms with Crippen molar-refractivity contribution >= 4 is 23.3 Å². The maximum Gasteiger partial charge on any atom is 0.270 e. The molecule has 0 aliphatic heterocycles. The monoisotopic (exact) mass is 412 g/mol. The summed E-state index contributed by atoms with van der Waals surface area (Å²) in [4.78, 5) is 38.8. The highest BCUT2D eigenvalue weighted by Crippen LogP contribution is 2.27. The number of benzene rings is 1. The number of non-ortho nitro benzene ring substituents is 1. The normalized spacial score (nSPS) is 14.0. The van der Waals surface area contributed by atoms with Gasteiger partial charge in [0.1, 0.15) is 0 Å². The van der Waals surface area contributed by atoms with Crippen LogP contribution in [-0.2, 0) is 4.79 Å². The van der Waals surface area contributed by atoms with E-state index in [1.165, 1.54) is 37.5 Å². The highest BCUT2D eigenvalue weighted by Gasteiger charge is 2.17. The Morgan fingerprint density at radius 1 is 1.17 bits per heavy atom. The fraction of sp³-hybridized carbons (Fsp3) is 0.381. The molecule has 0 bridgehead atoms. The summed E-state index contributed by atoms with van der Waals surface area (Å²) in [6.45, 7) is 0.276. The Bertz CT molecular complexity index is 912. The zero-order valence-corrected chi connectivity index (χ0v) is 16.5. The van der Waals surface area contributed by atoms with Gasteiger partial charge in [-0.3, -0.25) is 19.7 Å². The van der Waals surface area contributed by atoms with E-state index in [2.05, 4.69) is 15.6 Å². The zero-order chi connectivity index (χ0) is 21.3. The maximum atomic E-state index is 12.3. The number of nitro groups is 1. The van der Waals surface area contributed by atoms with Crippen molar-refractivity contribution in [1.29, 1.82) is 0 Å². The predicted octanol–water partition coefficient (Wildman–Crippen LogP) is 3.32. The number of ether oxygens (including phenoxy) is 1. The number of nitro benzene ring substituents is 1. The maximum absolute atomic E-state index is 12.3. The number of nitrogens with one attached hydrogen (secondary N) is 2. The molecular formula is C21H24N4O5. The number of pyridine rings is 1. The number of nitrogens with zero attached hydrogens (tertiary/aromatic N) is 2. The van der Waals surface area contributed by atoms with Gasteiger partial charge in [0.05, 0.1) is 18.1 Å². The fourth-order valence-corrected chi connectivity index (χ4v) is 3.36. The van der Waals surface area contributed by atoms with Crippen LogP contribution in [0.1, 0.15) is 42.5 Å². The summed E-state index contributed by atoms with van der Waals surface area (Å²) in [5.74, 6) is 0.236. The van der Waals surface area contributed by atoms with Crippen molar-refractivity contribution in [2.24, 2.45) is 5.92 Å². The Hall–Kier alpha value is -3.49. The minimum Gasteiger partial charge on any atom is -0.489 e. The number of hydrogen-bond donors (Lipinski definition) is 2. The largest absolute Gasteiger partial charge is 0.489 e. The average molecular weight is 412 g/mol. The lowest BCUT2D eigenvalue weighted by Crippen LogP contribution is -2.33. The van der Waals surface area contributed by atoms with Crippen LogP contribution in [0.3, 0.4) is 0 Å². The molecule has 1 aliphatic carbocycles. The highest BCUT2D eigenvalue weighted by molar-refractivity contribution is 5.99. The van der Waals surface area contributed by atoms with Gasteiger partial charge < -0.3 is 15.4 Å². The van der Waals surface area contributed by atoms with E-state index in [4.69, 9.17) is 4.74 Å². The van der Waals surface area contributed by atoms with Gasteiger partial charge in [-0.2, -0.15) is 0 Å². The van der Waals surface area contributed by atoms with Crippen LogP contribution in [0.15, 0.2) is 42.6 Å². The number of amides is 2. The number of carbonyl (C=O) groups is 2. The molecule has 1 aromatic heterocycles. The molecule has 9 heteroatoms. The van der Waals surface area contributed by atoms with Gasteiger partial charge >= 0.3 is 0 Å². The summed E-state index contributed by atoms with van der Waals surface area (Å²) in [6.07, 6.45) is 7.54. The van der Waals surface area contributed by atoms with Gasteiger partial charge in [0.2, 0.25) is 5.91 Å². The van der Waals surface area contributed by atoms with Crippen molar-refractivity contribution in [3.05, 3.63) is 58.3 Å². The van der Waals surface area contributed by atoms with Crippen molar-refractivity contribution < 1.29 is 19.2 Å². The Morgan fingerprint density at radius 3 is 2.73 bits per heavy atom. The summed E-state index contributed by atoms with van der Waals surface area (Å²) < 4.78 is 5.88. The predicted molar refractivity (Wildman–Crippen MR) is 110 cm³/mol. The molecule has 158 valence electrons. The SMILES string of the molecule is O=C(CNC(=O)c1cccc([N+](=O)[O-])c1)Nc1ncccc1OCC1CCCCC1. The molecule has 30 heavy (non-hydrogen) atoms. The van der Waals surface area contributed by atoms with E-state index in [-0.39, 0.29) is 17.8 Å². The molecule has 0 radical (unpaired) electrons. The summed E-state index contributed by atoms with van der Waals surface area (Å²) in [7, 11) is 0. The van der Waals surface area contributed by atoms with E-state index >= 15 is 0 Å². The van der Waals surface area contributed by atoms with Gasteiger partial charge in [0.15, 0.2) is 11.6 Å². The third-order valence-corrected chi connectivity index (χ3v) is 4.96. The lowest BCUT2D eigenvalue weighted by Gasteiger charge is -2.22. The number of rotatable bonds is 8. The first-order chi connectivity index (χ1) is 14.5. The van der Waals surface area contributed by atoms with E-state index in [1.54, 1.807) is 18.3 Å². The molecule has 1 heterocycles. The number of hydrogen-bond acceptors (Lipinski definition) is 6. The van der Waals surface area contributed by atoms with Crippen molar-refractivity contribution in [3.8, 4) is 5.75 Å². The summed E-state index contributed by atoms with van der Waals surface area (Å²) in [5.41, 5.74) is -0.0910. The lowest BCUT2D eigenvalue weighted by molar-refractivity contribution is -0.384. The van der Waals surface area contributed by atoms with Gasteiger partial charge in [-0.05, 0) is 37.0 Å². The number of carbonyl (C=O) groups excluding carboxylic acids is 2. The van der Waals surface area contributed by atoms with Gasteiger partial charge in [0, 0.05) is 23.9 Å². The third-order valence-electron chi connectivity index (χ3n) is 4.96. The second-order valence-corrected chi connectivity index (χ2v) is 7.20. The molecule has 1 aromatic carbocycles. The molecule has 1 fully saturated rings. The molecule has 0 atom stereocenters. The summed E-state index contributed by atoms with van der Waals surface area (Å²) in [5, 5.41) is 15.9. The molecule has 0 spiro atoms. The second-order valence-electron chi connectivity index (χ2n) is 7.20. The molecule has 2 N–H and O–H groups in total. The van der Waals surface area contributed by atoms with Crippen LogP contribution < -0.4 is 15.4 Å². The fourth-order valence-electron chi connectivity index (χ4n) is 3.36. The smallest absolute Gasteiger partial charge is 0.270 e. The minimum absolute atomic E-state index is 0.103. The Morgan fingerprint density at radius 2 is 1.97 bits per heavy atom. The van der Waals surface area contributed by atoms with E-state index in [0.29, 0.717) is 24.1 Å². The molecule has 0 unspecified atom stereocenters. The quantitative estimate of drug-likeness (QED) is 0.506. The summed E-state index contributed by atoms with van der Waals surface area (Å²) in [6, 6.07) is 8.78. The highest BCUT2D eigenvalue weighted by atomic mass is 16.6. The van der Waals surface area contributed by atoms with E-state index in [9.17, 15) is 19.7 Å². The van der Waals surface area contributed by atoms with Crippen LogP contribution in [0.4, 0.5) is 11.5 Å². The Balaban J connectivity index is 1.52. The standard InChI is InChI=1S/C21H24N4O5/c26-19(13-23-21(27)16-8-4-9-17(12-16)25(28)29)24-20-18(10-5-11-22-20)30-14-15-6-2-1-3-7-15/h4-5,8-12,15H,1-3,6-7,13-14H2,(H,23,27)(H,22,24,26). The van der Waals surface area contributed by atoms with Crippen molar-refractivity contribution in [3.63, 3.8) is 0 Å². The van der Waals surface area contributed by atoms with Crippen molar-refractivity contribution in [2.45, 2.75) is 32.1 Å². The molecule has 9 nitrogen and oxygen atoms in total. The minimum atomic E-state index is -0.584. The Kier molecular flexibility index (Phi) is 7.31. The first kappa shape index (κ1) is 21.2. The van der Waals surface area contributed by atoms with E-state index in [1.807, 2.05) is 0 Å². The summed E-state index contributed by atoms with van der Waals surface area (Å²) >= 11 is 0. The van der Waals surface area contributed by atoms with Gasteiger partial charge in [-0.15, -0.1) is 0 Å². The van der Waals surface area contributed by atoms with Crippen LogP contribution >= 0.6 is 0 Å². The molecule has 2 aromatic rings. The Labute approximate surface area is 174 Å². The first-order valence-corrected chi connectivity index (χ1v) is 9.93. The zero-order valence-electron chi connectivity index (χ0n) is 16.5. The molecule has 1 saturated carbocycles. The topological polar surface area (TPSA) is 123 Å². The second kappa shape index (κ2) is 10.3. The average Bonchev–Trinajstić information content (AvgIpc) is 2.77. The van der Waals surface area contributed by atoms with Gasteiger partial charge in [-0.1, -0.05) is 25.3 Å². The van der Waals surface area contributed by atoms with Crippen LogP contribution in [0, 0.1) is 16.0 Å². The first-order valence-electron chi connectivity index (χ1n) is 9.93. The molecular weight excluding hydrogens is 388 g/mol. The van der Waals surface area contributed by atoms with Crippen LogP contribution in [0.25, 0.3) is 0 Å². The molecule has 2 amide bonds. The van der Waals surface area contributed by atoms with Crippen LogP contribution in [0.2, 0.25) is 0 Å². The molecule has 3 rings (SSSR count). The number of anilines is 1. The van der Waals surface area contributed by atoms with Crippen LogP contribution in [0.5, 0.6) is 5.75 Å². The van der Waals surface area contributed by atoms with E-state index < -0.39 is 16.7 Å². The molecule has 1 aliphatic rings. The van der Waals surface area contributed by atoms with Gasteiger partial charge in [0.25, 0.3) is 11.6 Å². The molecule has 0 saturated heterocycles. The van der Waals surface area contributed by atoms with Crippen molar-refractivity contribution in [1.82, 2.24) is 10.3 Å². The third kappa shape index (κ3) is 6.00. The van der Waals surface area contributed by atoms with Crippen molar-refractivity contribution in [2.75, 3.05) is 18.5 Å². The van der Waals surface area contributed by atoms with Crippen LogP contribution in [-0.4, -0.2) is 34.9 Å². The lowest BCUT2D eigenvalue weighted by atomic mass is 9.90. The number of aromatic nitrogens is 1. The van der Waals surface area contributed by atoms with E-state index in [0.717, 1.165) is 18.9 Å².